The van der Waals surface area contributed by atoms with E-state index in [1.54, 1.807) is 0 Å². The van der Waals surface area contributed by atoms with E-state index in [9.17, 15) is 5.11 Å². The Balaban J connectivity index is 1.40. The van der Waals surface area contributed by atoms with Gasteiger partial charge in [0.1, 0.15) is 18.1 Å². The van der Waals surface area contributed by atoms with Crippen LogP contribution >= 0.6 is 0 Å². The summed E-state index contributed by atoms with van der Waals surface area (Å²) in [5.41, 5.74) is 7.92. The van der Waals surface area contributed by atoms with Crippen LogP contribution in [0.4, 0.5) is 0 Å². The molecule has 4 aromatic rings. The number of aliphatic hydroxyl groups excluding tert-OH is 1. The molecular formula is C30H34N4O2. The second-order valence-corrected chi connectivity index (χ2v) is 9.92. The number of hydrogen-bond donors (Lipinski definition) is 1. The highest BCUT2D eigenvalue weighted by molar-refractivity contribution is 5.83. The lowest BCUT2D eigenvalue weighted by Crippen LogP contribution is -2.38. The van der Waals surface area contributed by atoms with Crippen molar-refractivity contribution in [1.82, 2.24) is 19.7 Å². The molecule has 0 amide bonds. The minimum atomic E-state index is -0.361. The Morgan fingerprint density at radius 1 is 0.889 bits per heavy atom. The first-order valence-electron chi connectivity index (χ1n) is 12.7. The number of fused-ring (bicyclic) bond motifs is 1. The Kier molecular flexibility index (Phi) is 7.16. The first-order valence-corrected chi connectivity index (χ1v) is 12.7. The van der Waals surface area contributed by atoms with Crippen LogP contribution in [0, 0.1) is 0 Å². The maximum Gasteiger partial charge on any atom is 0.119 e. The number of aromatic nitrogens is 3. The highest BCUT2D eigenvalue weighted by Crippen LogP contribution is 2.37. The van der Waals surface area contributed by atoms with Crippen molar-refractivity contribution in [3.8, 4) is 28.1 Å². The van der Waals surface area contributed by atoms with Crippen molar-refractivity contribution in [2.24, 2.45) is 0 Å². The van der Waals surface area contributed by atoms with Crippen LogP contribution < -0.4 is 4.74 Å². The van der Waals surface area contributed by atoms with Crippen LogP contribution in [0.15, 0.2) is 73.1 Å². The molecule has 36 heavy (non-hydrogen) atoms. The van der Waals surface area contributed by atoms with Crippen LogP contribution in [-0.2, 0) is 19.7 Å². The van der Waals surface area contributed by atoms with Crippen LogP contribution in [0.1, 0.15) is 43.5 Å². The second-order valence-electron chi connectivity index (χ2n) is 9.92. The molecular weight excluding hydrogens is 448 g/mol. The summed E-state index contributed by atoms with van der Waals surface area (Å²) in [4.78, 5) is 6.48. The number of hydrogen-bond acceptors (Lipinski definition) is 5. The van der Waals surface area contributed by atoms with Gasteiger partial charge in [0.2, 0.25) is 0 Å². The van der Waals surface area contributed by atoms with Gasteiger partial charge in [-0.15, -0.1) is 0 Å². The summed E-state index contributed by atoms with van der Waals surface area (Å²) in [6.07, 6.45) is 3.25. The topological polar surface area (TPSA) is 63.4 Å². The molecule has 5 rings (SSSR count). The molecule has 0 aliphatic carbocycles. The predicted octanol–water partition coefficient (Wildman–Crippen LogP) is 5.51. The van der Waals surface area contributed by atoms with Gasteiger partial charge in [-0.25, -0.2) is 0 Å². The van der Waals surface area contributed by atoms with E-state index >= 15 is 0 Å². The zero-order valence-corrected chi connectivity index (χ0v) is 21.3. The minimum Gasteiger partial charge on any atom is -0.489 e. The number of benzene rings is 2. The fraction of sp³-hybridized carbons (Fsp3) is 0.333. The van der Waals surface area contributed by atoms with Gasteiger partial charge >= 0.3 is 0 Å². The maximum atomic E-state index is 9.94. The summed E-state index contributed by atoms with van der Waals surface area (Å²) in [6, 6.07) is 21.0. The van der Waals surface area contributed by atoms with Gasteiger partial charge in [-0.3, -0.25) is 14.6 Å². The van der Waals surface area contributed by atoms with Gasteiger partial charge in [0.05, 0.1) is 18.3 Å². The molecule has 1 N–H and O–H groups in total. The van der Waals surface area contributed by atoms with Gasteiger partial charge in [-0.2, -0.15) is 5.10 Å². The first kappa shape index (κ1) is 24.2. The molecule has 1 atom stereocenters. The van der Waals surface area contributed by atoms with Crippen LogP contribution in [0.25, 0.3) is 22.4 Å². The zero-order chi connectivity index (χ0) is 25.1. The Bertz CT molecular complexity index is 1280. The third-order valence-corrected chi connectivity index (χ3v) is 6.73. The summed E-state index contributed by atoms with van der Waals surface area (Å²) in [6.45, 7) is 9.87. The highest BCUT2D eigenvalue weighted by atomic mass is 16.5. The second kappa shape index (κ2) is 10.6. The van der Waals surface area contributed by atoms with Crippen LogP contribution in [-0.4, -0.2) is 44.0 Å². The zero-order valence-electron chi connectivity index (χ0n) is 21.3. The molecule has 2 aromatic heterocycles. The fourth-order valence-corrected chi connectivity index (χ4v) is 4.80. The van der Waals surface area contributed by atoms with Crippen molar-refractivity contribution in [2.45, 2.75) is 52.5 Å². The Labute approximate surface area is 213 Å². The van der Waals surface area contributed by atoms with Gasteiger partial charge in [-0.05, 0) is 53.8 Å². The molecule has 3 heterocycles. The van der Waals surface area contributed by atoms with E-state index in [-0.39, 0.29) is 6.10 Å². The van der Waals surface area contributed by atoms with E-state index < -0.39 is 0 Å². The van der Waals surface area contributed by atoms with Gasteiger partial charge in [0.25, 0.3) is 0 Å². The molecule has 0 radical (unpaired) electrons. The van der Waals surface area contributed by atoms with E-state index in [1.807, 2.05) is 43.6 Å². The van der Waals surface area contributed by atoms with E-state index in [2.05, 4.69) is 64.8 Å². The third kappa shape index (κ3) is 5.35. The predicted molar refractivity (Wildman–Crippen MR) is 143 cm³/mol. The number of rotatable bonds is 8. The quantitative estimate of drug-likeness (QED) is 0.359. The summed E-state index contributed by atoms with van der Waals surface area (Å²) >= 11 is 0. The van der Waals surface area contributed by atoms with Crippen LogP contribution in [0.3, 0.4) is 0 Å². The smallest absolute Gasteiger partial charge is 0.119 e. The Hall–Kier alpha value is -3.48. The molecule has 1 unspecified atom stereocenters. The van der Waals surface area contributed by atoms with Crippen molar-refractivity contribution >= 4 is 0 Å². The Morgan fingerprint density at radius 3 is 2.28 bits per heavy atom. The number of nitrogens with zero attached hydrogens (tertiary/aromatic N) is 4. The lowest BCUT2D eigenvalue weighted by Gasteiger charge is -2.29. The first-order chi connectivity index (χ1) is 17.5. The standard InChI is InChI=1S/C30H34N4O2/c1-21(2)24-6-4-23(5-7-24)20-36-27-10-8-25(9-11-27)29-28-19-33(18-22(3)35)16-17-34(28)32-30(29)26-12-14-31-15-13-26/h4-15,21-22,35H,16-20H2,1-3H3. The Morgan fingerprint density at radius 2 is 1.61 bits per heavy atom. The average molecular weight is 483 g/mol. The molecule has 0 fully saturated rings. The maximum absolute atomic E-state index is 9.94. The number of aliphatic hydroxyl groups is 1. The SMILES string of the molecule is CC(O)CN1CCn2nc(-c3ccncc3)c(-c3ccc(OCc4ccc(C(C)C)cc4)cc3)c2C1. The van der Waals surface area contributed by atoms with Crippen molar-refractivity contribution in [2.75, 3.05) is 13.1 Å². The molecule has 0 spiro atoms. The highest BCUT2D eigenvalue weighted by Gasteiger charge is 2.26. The van der Waals surface area contributed by atoms with E-state index in [0.29, 0.717) is 19.1 Å². The van der Waals surface area contributed by atoms with Crippen molar-refractivity contribution in [3.05, 3.63) is 89.9 Å². The summed E-state index contributed by atoms with van der Waals surface area (Å²) in [5.74, 6) is 1.37. The molecule has 186 valence electrons. The fourth-order valence-electron chi connectivity index (χ4n) is 4.80. The van der Waals surface area contributed by atoms with Crippen LogP contribution in [0.5, 0.6) is 5.75 Å². The molecule has 0 saturated carbocycles. The van der Waals surface area contributed by atoms with Crippen molar-refractivity contribution in [3.63, 3.8) is 0 Å². The largest absolute Gasteiger partial charge is 0.489 e. The molecule has 0 bridgehead atoms. The minimum absolute atomic E-state index is 0.361. The lowest BCUT2D eigenvalue weighted by molar-refractivity contribution is 0.108. The van der Waals surface area contributed by atoms with E-state index in [1.165, 1.54) is 11.3 Å². The van der Waals surface area contributed by atoms with E-state index in [4.69, 9.17) is 9.84 Å². The molecule has 2 aromatic carbocycles. The summed E-state index contributed by atoms with van der Waals surface area (Å²) in [7, 11) is 0. The molecule has 1 aliphatic rings. The van der Waals surface area contributed by atoms with Crippen LogP contribution in [0.2, 0.25) is 0 Å². The number of ether oxygens (including phenoxy) is 1. The molecule has 6 nitrogen and oxygen atoms in total. The van der Waals surface area contributed by atoms with Gasteiger partial charge < -0.3 is 9.84 Å². The lowest BCUT2D eigenvalue weighted by atomic mass is 9.98. The third-order valence-electron chi connectivity index (χ3n) is 6.73. The number of β-amino-alcohol motifs (C(OH)–C–C–N with tert-alkyl or cyclic N) is 1. The normalized spacial score (nSPS) is 14.6. The monoisotopic (exact) mass is 482 g/mol. The summed E-state index contributed by atoms with van der Waals surface area (Å²) in [5, 5.41) is 14.9. The molecule has 6 heteroatoms. The summed E-state index contributed by atoms with van der Waals surface area (Å²) < 4.78 is 8.21. The molecule has 1 aliphatic heterocycles. The molecule has 0 saturated heterocycles. The van der Waals surface area contributed by atoms with Gasteiger partial charge in [0.15, 0.2) is 0 Å². The van der Waals surface area contributed by atoms with E-state index in [0.717, 1.165) is 53.3 Å². The number of pyridine rings is 1. The van der Waals surface area contributed by atoms with Crippen molar-refractivity contribution in [1.29, 1.82) is 0 Å². The average Bonchev–Trinajstić information content (AvgIpc) is 3.27. The van der Waals surface area contributed by atoms with Crippen molar-refractivity contribution < 1.29 is 9.84 Å². The van der Waals surface area contributed by atoms with Gasteiger partial charge in [-0.1, -0.05) is 50.2 Å². The van der Waals surface area contributed by atoms with Gasteiger partial charge in [0, 0.05) is 43.2 Å².